The van der Waals surface area contributed by atoms with E-state index in [-0.39, 0.29) is 5.91 Å². The van der Waals surface area contributed by atoms with Gasteiger partial charge in [0.2, 0.25) is 5.91 Å². The summed E-state index contributed by atoms with van der Waals surface area (Å²) in [5.74, 6) is -0.237. The summed E-state index contributed by atoms with van der Waals surface area (Å²) in [6.45, 7) is 2.69. The first-order valence-corrected chi connectivity index (χ1v) is 4.58. The molecule has 0 aromatic carbocycles. The minimum absolute atomic E-state index is 0.389. The number of hydrogen-bond donors (Lipinski definition) is 2. The zero-order chi connectivity index (χ0) is 9.84. The molecule has 4 nitrogen and oxygen atoms in total. The van der Waals surface area contributed by atoms with E-state index >= 15 is 0 Å². The van der Waals surface area contributed by atoms with Crippen LogP contribution >= 0.6 is 0 Å². The summed E-state index contributed by atoms with van der Waals surface area (Å²) in [4.78, 5) is 21.0. The molecular formula is C9H15NO3. The predicted molar refractivity (Wildman–Crippen MR) is 47.2 cm³/mol. The number of carbonyl (C=O) groups is 2. The highest BCUT2D eigenvalue weighted by Gasteiger charge is 2.27. The summed E-state index contributed by atoms with van der Waals surface area (Å²) >= 11 is 0. The molecule has 1 unspecified atom stereocenters. The number of carboxylic acid groups (broad SMARTS) is 1. The number of aliphatic carboxylic acids is 1. The van der Waals surface area contributed by atoms with Crippen molar-refractivity contribution in [2.75, 3.05) is 6.54 Å². The third-order valence-electron chi connectivity index (χ3n) is 2.36. The second-order valence-electron chi connectivity index (χ2n) is 3.69. The van der Waals surface area contributed by atoms with Crippen LogP contribution in [0.1, 0.15) is 26.2 Å². The zero-order valence-electron chi connectivity index (χ0n) is 7.75. The second kappa shape index (κ2) is 4.25. The van der Waals surface area contributed by atoms with E-state index in [9.17, 15) is 9.59 Å². The molecule has 1 aliphatic rings. The van der Waals surface area contributed by atoms with Gasteiger partial charge < -0.3 is 10.4 Å². The lowest BCUT2D eigenvalue weighted by molar-refractivity contribution is -0.140. The Morgan fingerprint density at radius 3 is 2.62 bits per heavy atom. The monoisotopic (exact) mass is 185 g/mol. The molecule has 4 heteroatoms. The second-order valence-corrected chi connectivity index (χ2v) is 3.69. The molecule has 1 saturated carbocycles. The molecule has 0 saturated heterocycles. The van der Waals surface area contributed by atoms with Crippen LogP contribution in [0, 0.1) is 11.8 Å². The average Bonchev–Trinajstić information content (AvgIpc) is 2.80. The Morgan fingerprint density at radius 1 is 1.54 bits per heavy atom. The van der Waals surface area contributed by atoms with Gasteiger partial charge in [-0.05, 0) is 24.7 Å². The number of rotatable bonds is 5. The Bertz CT molecular complexity index is 211. The molecule has 1 atom stereocenters. The Hall–Kier alpha value is -1.06. The lowest BCUT2D eigenvalue weighted by Gasteiger charge is -2.10. The highest BCUT2D eigenvalue weighted by Crippen LogP contribution is 2.35. The smallest absolute Gasteiger partial charge is 0.312 e. The number of amides is 1. The van der Waals surface area contributed by atoms with Crippen LogP contribution in [-0.4, -0.2) is 23.5 Å². The molecule has 74 valence electrons. The lowest BCUT2D eigenvalue weighted by Crippen LogP contribution is -2.30. The molecule has 1 amide bonds. The highest BCUT2D eigenvalue weighted by atomic mass is 16.4. The molecule has 0 radical (unpaired) electrons. The molecule has 2 N–H and O–H groups in total. The summed E-state index contributed by atoms with van der Waals surface area (Å²) in [6.07, 6.45) is 2.07. The Labute approximate surface area is 77.3 Å². The van der Waals surface area contributed by atoms with Gasteiger partial charge in [-0.25, -0.2) is 0 Å². The summed E-state index contributed by atoms with van der Waals surface area (Å²) in [5, 5.41) is 10.9. The summed E-state index contributed by atoms with van der Waals surface area (Å²) in [5.41, 5.74) is 0. The van der Waals surface area contributed by atoms with E-state index in [1.807, 2.05) is 0 Å². The maximum atomic E-state index is 10.9. The van der Waals surface area contributed by atoms with Crippen LogP contribution < -0.4 is 5.32 Å². The van der Waals surface area contributed by atoms with Gasteiger partial charge in [0, 0.05) is 6.54 Å². The molecule has 1 aliphatic carbocycles. The standard InChI is InChI=1S/C9H15NO3/c1-6(7-2-3-7)5-10-8(11)4-9(12)13/h6-7H,2-5H2,1H3,(H,10,11)(H,12,13). The zero-order valence-corrected chi connectivity index (χ0v) is 7.75. The van der Waals surface area contributed by atoms with Gasteiger partial charge in [0.05, 0.1) is 0 Å². The number of nitrogens with one attached hydrogen (secondary N) is 1. The van der Waals surface area contributed by atoms with Crippen LogP contribution in [0.25, 0.3) is 0 Å². The van der Waals surface area contributed by atoms with E-state index in [2.05, 4.69) is 12.2 Å². The summed E-state index contributed by atoms with van der Waals surface area (Å²) in [6, 6.07) is 0. The maximum absolute atomic E-state index is 10.9. The van der Waals surface area contributed by atoms with Crippen molar-refractivity contribution in [3.63, 3.8) is 0 Å². The first kappa shape index (κ1) is 10.0. The molecule has 13 heavy (non-hydrogen) atoms. The van der Waals surface area contributed by atoms with E-state index in [4.69, 9.17) is 5.11 Å². The lowest BCUT2D eigenvalue weighted by atomic mass is 10.1. The molecule has 1 fully saturated rings. The van der Waals surface area contributed by atoms with Crippen LogP contribution in [0.5, 0.6) is 0 Å². The van der Waals surface area contributed by atoms with E-state index in [0.717, 1.165) is 5.92 Å². The van der Waals surface area contributed by atoms with E-state index in [1.165, 1.54) is 12.8 Å². The van der Waals surface area contributed by atoms with Gasteiger partial charge in [-0.1, -0.05) is 6.92 Å². The van der Waals surface area contributed by atoms with Crippen molar-refractivity contribution in [2.24, 2.45) is 11.8 Å². The van der Waals surface area contributed by atoms with Gasteiger partial charge in [0.15, 0.2) is 0 Å². The SMILES string of the molecule is CC(CNC(=O)CC(=O)O)C1CC1. The van der Waals surface area contributed by atoms with E-state index in [0.29, 0.717) is 12.5 Å². The average molecular weight is 185 g/mol. The number of carboxylic acids is 1. The fraction of sp³-hybridized carbons (Fsp3) is 0.778. The molecule has 1 rings (SSSR count). The Kier molecular flexibility index (Phi) is 3.28. The van der Waals surface area contributed by atoms with Gasteiger partial charge >= 0.3 is 5.97 Å². The van der Waals surface area contributed by atoms with Crippen molar-refractivity contribution < 1.29 is 14.7 Å². The molecule has 0 aromatic rings. The quantitative estimate of drug-likeness (QED) is 0.617. The van der Waals surface area contributed by atoms with Crippen molar-refractivity contribution in [2.45, 2.75) is 26.2 Å². The number of hydrogen-bond acceptors (Lipinski definition) is 2. The van der Waals surface area contributed by atoms with Crippen LogP contribution in [0.3, 0.4) is 0 Å². The van der Waals surface area contributed by atoms with Crippen molar-refractivity contribution in [3.8, 4) is 0 Å². The third-order valence-corrected chi connectivity index (χ3v) is 2.36. The topological polar surface area (TPSA) is 66.4 Å². The van der Waals surface area contributed by atoms with Crippen molar-refractivity contribution in [1.29, 1.82) is 0 Å². The molecule has 0 heterocycles. The van der Waals surface area contributed by atoms with Gasteiger partial charge in [-0.3, -0.25) is 9.59 Å². The van der Waals surface area contributed by atoms with Crippen molar-refractivity contribution in [3.05, 3.63) is 0 Å². The van der Waals surface area contributed by atoms with E-state index < -0.39 is 12.4 Å². The third kappa shape index (κ3) is 3.92. The summed E-state index contributed by atoms with van der Waals surface area (Å²) < 4.78 is 0. The van der Waals surface area contributed by atoms with Gasteiger partial charge in [-0.2, -0.15) is 0 Å². The molecule has 0 spiro atoms. The minimum atomic E-state index is -1.07. The van der Waals surface area contributed by atoms with E-state index in [1.54, 1.807) is 0 Å². The van der Waals surface area contributed by atoms with Crippen LogP contribution in [-0.2, 0) is 9.59 Å². The van der Waals surface area contributed by atoms with Crippen molar-refractivity contribution in [1.82, 2.24) is 5.32 Å². The first-order valence-electron chi connectivity index (χ1n) is 4.58. The van der Waals surface area contributed by atoms with Crippen LogP contribution in [0.2, 0.25) is 0 Å². The Balaban J connectivity index is 2.10. The molecule has 0 bridgehead atoms. The molecule has 0 aromatic heterocycles. The van der Waals surface area contributed by atoms with Crippen molar-refractivity contribution >= 4 is 11.9 Å². The van der Waals surface area contributed by atoms with Gasteiger partial charge in [-0.15, -0.1) is 0 Å². The maximum Gasteiger partial charge on any atom is 0.312 e. The number of carbonyl (C=O) groups excluding carboxylic acids is 1. The Morgan fingerprint density at radius 2 is 2.15 bits per heavy atom. The predicted octanol–water partition coefficient (Wildman–Crippen LogP) is 0.623. The molecule has 0 aliphatic heterocycles. The van der Waals surface area contributed by atoms with Gasteiger partial charge in [0.1, 0.15) is 6.42 Å². The molecular weight excluding hydrogens is 170 g/mol. The summed E-state index contributed by atoms with van der Waals surface area (Å²) in [7, 11) is 0. The largest absolute Gasteiger partial charge is 0.481 e. The normalized spacial score (nSPS) is 17.9. The fourth-order valence-corrected chi connectivity index (χ4v) is 1.31. The first-order chi connectivity index (χ1) is 6.09. The van der Waals surface area contributed by atoms with Crippen LogP contribution in [0.15, 0.2) is 0 Å². The van der Waals surface area contributed by atoms with Crippen LogP contribution in [0.4, 0.5) is 0 Å². The highest BCUT2D eigenvalue weighted by molar-refractivity contribution is 5.93. The fourth-order valence-electron chi connectivity index (χ4n) is 1.31. The minimum Gasteiger partial charge on any atom is -0.481 e. The van der Waals surface area contributed by atoms with Gasteiger partial charge in [0.25, 0.3) is 0 Å².